The number of methoxy groups -OCH3 is 1. The van der Waals surface area contributed by atoms with Crippen LogP contribution in [0.4, 0.5) is 5.69 Å². The molecule has 0 spiro atoms. The van der Waals surface area contributed by atoms with Crippen LogP contribution in [-0.2, 0) is 6.54 Å². The maximum absolute atomic E-state index is 13.1. The standard InChI is InChI=1S/C25H22N2O3S/c1-3-27-16-20(24(28)19-15-17(30-2)13-14-22(19)27)25(29)26-21-11-7-8-12-23(21)31-18-9-5-4-6-10-18/h4-16H,3H2,1-2H3,(H,26,29). The Morgan fingerprint density at radius 2 is 1.77 bits per heavy atom. The van der Waals surface area contributed by atoms with E-state index in [9.17, 15) is 9.59 Å². The lowest BCUT2D eigenvalue weighted by Gasteiger charge is -2.14. The zero-order valence-electron chi connectivity index (χ0n) is 17.3. The Morgan fingerprint density at radius 1 is 1.03 bits per heavy atom. The molecule has 1 amide bonds. The van der Waals surface area contributed by atoms with E-state index < -0.39 is 5.91 Å². The van der Waals surface area contributed by atoms with E-state index in [1.807, 2.05) is 78.2 Å². The molecule has 0 saturated heterocycles. The highest BCUT2D eigenvalue weighted by Gasteiger charge is 2.17. The highest BCUT2D eigenvalue weighted by atomic mass is 32.2. The van der Waals surface area contributed by atoms with E-state index >= 15 is 0 Å². The molecule has 0 unspecified atom stereocenters. The smallest absolute Gasteiger partial charge is 0.261 e. The Hall–Kier alpha value is -3.51. The van der Waals surface area contributed by atoms with E-state index in [0.717, 1.165) is 15.3 Å². The fourth-order valence-electron chi connectivity index (χ4n) is 3.39. The number of hydrogen-bond acceptors (Lipinski definition) is 4. The van der Waals surface area contributed by atoms with Crippen LogP contribution >= 0.6 is 11.8 Å². The van der Waals surface area contributed by atoms with Crippen molar-refractivity contribution < 1.29 is 9.53 Å². The van der Waals surface area contributed by atoms with Crippen molar-refractivity contribution in [2.45, 2.75) is 23.3 Å². The second kappa shape index (κ2) is 9.10. The number of fused-ring (bicyclic) bond motifs is 1. The van der Waals surface area contributed by atoms with Crippen LogP contribution in [0.25, 0.3) is 10.9 Å². The Bertz CT molecular complexity index is 1300. The van der Waals surface area contributed by atoms with Gasteiger partial charge in [-0.3, -0.25) is 9.59 Å². The van der Waals surface area contributed by atoms with Gasteiger partial charge in [-0.15, -0.1) is 0 Å². The van der Waals surface area contributed by atoms with Crippen molar-refractivity contribution in [1.82, 2.24) is 4.57 Å². The summed E-state index contributed by atoms with van der Waals surface area (Å²) in [6.07, 6.45) is 1.62. The molecule has 4 aromatic rings. The SMILES string of the molecule is CCn1cc(C(=O)Nc2ccccc2Sc2ccccc2)c(=O)c2cc(OC)ccc21. The van der Waals surface area contributed by atoms with Crippen LogP contribution in [0.15, 0.2) is 93.6 Å². The van der Waals surface area contributed by atoms with E-state index in [1.54, 1.807) is 31.1 Å². The topological polar surface area (TPSA) is 60.3 Å². The summed E-state index contributed by atoms with van der Waals surface area (Å²) in [6.45, 7) is 2.60. The van der Waals surface area contributed by atoms with Gasteiger partial charge in [0.25, 0.3) is 5.91 Å². The molecule has 4 rings (SSSR count). The number of nitrogens with zero attached hydrogens (tertiary/aromatic N) is 1. The van der Waals surface area contributed by atoms with Crippen LogP contribution in [0, 0.1) is 0 Å². The van der Waals surface area contributed by atoms with Crippen molar-refractivity contribution >= 4 is 34.3 Å². The number of amides is 1. The van der Waals surface area contributed by atoms with Crippen LogP contribution < -0.4 is 15.5 Å². The molecule has 0 radical (unpaired) electrons. The fraction of sp³-hybridized carbons (Fsp3) is 0.120. The maximum Gasteiger partial charge on any atom is 0.261 e. The van der Waals surface area contributed by atoms with Gasteiger partial charge in [0, 0.05) is 22.5 Å². The summed E-state index contributed by atoms with van der Waals surface area (Å²) < 4.78 is 7.17. The van der Waals surface area contributed by atoms with Crippen LogP contribution in [0.3, 0.4) is 0 Å². The summed E-state index contributed by atoms with van der Waals surface area (Å²) >= 11 is 1.56. The van der Waals surface area contributed by atoms with Gasteiger partial charge in [-0.05, 0) is 49.4 Å². The Labute approximate surface area is 184 Å². The van der Waals surface area contributed by atoms with Crippen LogP contribution in [0.2, 0.25) is 0 Å². The van der Waals surface area contributed by atoms with Gasteiger partial charge in [-0.25, -0.2) is 0 Å². The Balaban J connectivity index is 1.71. The number of benzene rings is 3. The van der Waals surface area contributed by atoms with Crippen molar-refractivity contribution in [1.29, 1.82) is 0 Å². The lowest BCUT2D eigenvalue weighted by atomic mass is 10.1. The third-order valence-electron chi connectivity index (χ3n) is 4.98. The number of para-hydroxylation sites is 1. The molecule has 0 atom stereocenters. The molecule has 156 valence electrons. The quantitative estimate of drug-likeness (QED) is 0.443. The summed E-state index contributed by atoms with van der Waals surface area (Å²) in [6, 6.07) is 22.8. The fourth-order valence-corrected chi connectivity index (χ4v) is 4.31. The van der Waals surface area contributed by atoms with Crippen LogP contribution in [0.1, 0.15) is 17.3 Å². The molecule has 0 bridgehead atoms. The largest absolute Gasteiger partial charge is 0.497 e. The minimum absolute atomic E-state index is 0.0992. The third kappa shape index (κ3) is 4.34. The summed E-state index contributed by atoms with van der Waals surface area (Å²) in [5.74, 6) is 0.146. The van der Waals surface area contributed by atoms with Gasteiger partial charge < -0.3 is 14.6 Å². The number of aryl methyl sites for hydroxylation is 1. The molecule has 0 aliphatic rings. The average Bonchev–Trinajstić information content (AvgIpc) is 2.81. The highest BCUT2D eigenvalue weighted by molar-refractivity contribution is 7.99. The number of hydrogen-bond donors (Lipinski definition) is 1. The van der Waals surface area contributed by atoms with Gasteiger partial charge in [0.1, 0.15) is 11.3 Å². The number of rotatable bonds is 6. The molecule has 1 N–H and O–H groups in total. The molecular weight excluding hydrogens is 408 g/mol. The molecule has 6 heteroatoms. The number of nitrogens with one attached hydrogen (secondary N) is 1. The zero-order chi connectivity index (χ0) is 21.8. The monoisotopic (exact) mass is 430 g/mol. The number of pyridine rings is 1. The van der Waals surface area contributed by atoms with Crippen LogP contribution in [0.5, 0.6) is 5.75 Å². The average molecular weight is 431 g/mol. The number of carbonyl (C=O) groups excluding carboxylic acids is 1. The molecule has 1 heterocycles. The van der Waals surface area contributed by atoms with Gasteiger partial charge in [-0.1, -0.05) is 42.1 Å². The molecular formula is C25H22N2O3S. The first kappa shape index (κ1) is 20.8. The lowest BCUT2D eigenvalue weighted by molar-refractivity contribution is 0.102. The van der Waals surface area contributed by atoms with Gasteiger partial charge in [0.05, 0.1) is 23.7 Å². The summed E-state index contributed by atoms with van der Waals surface area (Å²) in [4.78, 5) is 28.2. The molecule has 1 aromatic heterocycles. The summed E-state index contributed by atoms with van der Waals surface area (Å²) in [7, 11) is 1.55. The van der Waals surface area contributed by atoms with E-state index in [2.05, 4.69) is 5.32 Å². The molecule has 0 fully saturated rings. The summed E-state index contributed by atoms with van der Waals surface area (Å²) in [5.41, 5.74) is 1.21. The van der Waals surface area contributed by atoms with E-state index in [0.29, 0.717) is 23.4 Å². The minimum atomic E-state index is -0.432. The normalized spacial score (nSPS) is 10.8. The second-order valence-electron chi connectivity index (χ2n) is 6.91. The lowest BCUT2D eigenvalue weighted by Crippen LogP contribution is -2.24. The minimum Gasteiger partial charge on any atom is -0.497 e. The van der Waals surface area contributed by atoms with Crippen molar-refractivity contribution in [2.75, 3.05) is 12.4 Å². The molecule has 0 aliphatic carbocycles. The van der Waals surface area contributed by atoms with E-state index in [-0.39, 0.29) is 11.0 Å². The molecule has 31 heavy (non-hydrogen) atoms. The van der Waals surface area contributed by atoms with Gasteiger partial charge in [-0.2, -0.15) is 0 Å². The molecule has 0 saturated carbocycles. The first-order valence-corrected chi connectivity index (χ1v) is 10.8. The Kier molecular flexibility index (Phi) is 6.09. The number of aromatic nitrogens is 1. The van der Waals surface area contributed by atoms with Crippen molar-refractivity contribution in [3.05, 3.63) is 94.8 Å². The van der Waals surface area contributed by atoms with Gasteiger partial charge in [0.2, 0.25) is 5.43 Å². The van der Waals surface area contributed by atoms with Crippen molar-refractivity contribution in [2.24, 2.45) is 0 Å². The van der Waals surface area contributed by atoms with E-state index in [1.165, 1.54) is 0 Å². The molecule has 0 aliphatic heterocycles. The zero-order valence-corrected chi connectivity index (χ0v) is 18.1. The van der Waals surface area contributed by atoms with Crippen molar-refractivity contribution in [3.8, 4) is 5.75 Å². The molecule has 3 aromatic carbocycles. The van der Waals surface area contributed by atoms with E-state index in [4.69, 9.17) is 4.74 Å². The highest BCUT2D eigenvalue weighted by Crippen LogP contribution is 2.33. The number of anilines is 1. The second-order valence-corrected chi connectivity index (χ2v) is 8.02. The summed E-state index contributed by atoms with van der Waals surface area (Å²) in [5, 5.41) is 3.39. The van der Waals surface area contributed by atoms with Crippen molar-refractivity contribution in [3.63, 3.8) is 0 Å². The first-order valence-electron chi connectivity index (χ1n) is 9.95. The van der Waals surface area contributed by atoms with Gasteiger partial charge in [0.15, 0.2) is 0 Å². The first-order chi connectivity index (χ1) is 15.1. The predicted octanol–water partition coefficient (Wildman–Crippen LogP) is 5.43. The van der Waals surface area contributed by atoms with Crippen LogP contribution in [-0.4, -0.2) is 17.6 Å². The maximum atomic E-state index is 13.1. The molecule has 5 nitrogen and oxygen atoms in total. The predicted molar refractivity (Wildman–Crippen MR) is 125 cm³/mol. The van der Waals surface area contributed by atoms with Gasteiger partial charge >= 0.3 is 0 Å². The number of carbonyl (C=O) groups is 1. The third-order valence-corrected chi connectivity index (χ3v) is 6.06. The Morgan fingerprint density at radius 3 is 2.52 bits per heavy atom. The number of ether oxygens (including phenoxy) is 1.